The van der Waals surface area contributed by atoms with Crippen LogP contribution in [-0.4, -0.2) is 36.5 Å². The molecule has 1 aromatic heterocycles. The summed E-state index contributed by atoms with van der Waals surface area (Å²) in [6.07, 6.45) is 2.08. The van der Waals surface area contributed by atoms with Gasteiger partial charge >= 0.3 is 0 Å². The van der Waals surface area contributed by atoms with Crippen LogP contribution in [0.3, 0.4) is 0 Å². The standard InChI is InChI=1S/C14H21ClN2OS/c1-10(2)9-17-7-5-11(6-8-17)16-14(18)12-3-4-13(15)19-12/h3-4,10-11H,5-9H2,1-2H3,(H,16,18). The first-order valence-corrected chi connectivity index (χ1v) is 8.02. The van der Waals surface area contributed by atoms with Crippen LogP contribution in [0.5, 0.6) is 0 Å². The van der Waals surface area contributed by atoms with Crippen LogP contribution in [-0.2, 0) is 0 Å². The van der Waals surface area contributed by atoms with E-state index in [1.54, 1.807) is 12.1 Å². The molecule has 2 rings (SSSR count). The van der Waals surface area contributed by atoms with Crippen molar-refractivity contribution >= 4 is 28.8 Å². The van der Waals surface area contributed by atoms with Gasteiger partial charge in [-0.2, -0.15) is 0 Å². The van der Waals surface area contributed by atoms with Crippen LogP contribution in [0, 0.1) is 5.92 Å². The van der Waals surface area contributed by atoms with Crippen molar-refractivity contribution in [2.75, 3.05) is 19.6 Å². The minimum Gasteiger partial charge on any atom is -0.349 e. The Balaban J connectivity index is 1.78. The Morgan fingerprint density at radius 2 is 2.16 bits per heavy atom. The summed E-state index contributed by atoms with van der Waals surface area (Å²) >= 11 is 7.18. The summed E-state index contributed by atoms with van der Waals surface area (Å²) < 4.78 is 0.664. The van der Waals surface area contributed by atoms with Crippen LogP contribution < -0.4 is 5.32 Å². The van der Waals surface area contributed by atoms with Crippen molar-refractivity contribution in [3.63, 3.8) is 0 Å². The van der Waals surface area contributed by atoms with E-state index in [9.17, 15) is 4.79 Å². The van der Waals surface area contributed by atoms with E-state index in [0.29, 0.717) is 21.2 Å². The molecular weight excluding hydrogens is 280 g/mol. The summed E-state index contributed by atoms with van der Waals surface area (Å²) in [5.41, 5.74) is 0. The number of amides is 1. The van der Waals surface area contributed by atoms with Crippen molar-refractivity contribution in [3.8, 4) is 0 Å². The van der Waals surface area contributed by atoms with E-state index in [1.165, 1.54) is 11.3 Å². The van der Waals surface area contributed by atoms with Crippen molar-refractivity contribution in [1.29, 1.82) is 0 Å². The summed E-state index contributed by atoms with van der Waals surface area (Å²) in [4.78, 5) is 15.2. The number of piperidine rings is 1. The van der Waals surface area contributed by atoms with E-state index >= 15 is 0 Å². The third-order valence-corrected chi connectivity index (χ3v) is 4.57. The first-order valence-electron chi connectivity index (χ1n) is 6.83. The zero-order valence-electron chi connectivity index (χ0n) is 11.5. The van der Waals surface area contributed by atoms with Crippen LogP contribution >= 0.6 is 22.9 Å². The molecular formula is C14H21ClN2OS. The monoisotopic (exact) mass is 300 g/mol. The first-order chi connectivity index (χ1) is 9.04. The molecule has 2 heterocycles. The zero-order chi connectivity index (χ0) is 13.8. The van der Waals surface area contributed by atoms with E-state index in [1.807, 2.05) is 0 Å². The number of halogens is 1. The van der Waals surface area contributed by atoms with Gasteiger partial charge in [0, 0.05) is 25.7 Å². The largest absolute Gasteiger partial charge is 0.349 e. The van der Waals surface area contributed by atoms with Gasteiger partial charge in [0.1, 0.15) is 0 Å². The van der Waals surface area contributed by atoms with Gasteiger partial charge in [-0.05, 0) is 30.9 Å². The predicted octanol–water partition coefficient (Wildman–Crippen LogP) is 3.25. The Morgan fingerprint density at radius 3 is 2.68 bits per heavy atom. The highest BCUT2D eigenvalue weighted by molar-refractivity contribution is 7.17. The number of carbonyl (C=O) groups excluding carboxylic acids is 1. The van der Waals surface area contributed by atoms with E-state index in [2.05, 4.69) is 24.1 Å². The predicted molar refractivity (Wildman–Crippen MR) is 81.1 cm³/mol. The minimum atomic E-state index is 0.0132. The summed E-state index contributed by atoms with van der Waals surface area (Å²) in [7, 11) is 0. The topological polar surface area (TPSA) is 32.3 Å². The van der Waals surface area contributed by atoms with Gasteiger partial charge in [0.05, 0.1) is 9.21 Å². The molecule has 1 aliphatic heterocycles. The number of likely N-dealkylation sites (tertiary alicyclic amines) is 1. The zero-order valence-corrected chi connectivity index (χ0v) is 13.1. The lowest BCUT2D eigenvalue weighted by Crippen LogP contribution is -2.45. The van der Waals surface area contributed by atoms with Crippen LogP contribution in [0.1, 0.15) is 36.4 Å². The third kappa shape index (κ3) is 4.48. The van der Waals surface area contributed by atoms with Crippen molar-refractivity contribution in [1.82, 2.24) is 10.2 Å². The molecule has 1 N–H and O–H groups in total. The maximum absolute atomic E-state index is 12.0. The lowest BCUT2D eigenvalue weighted by Gasteiger charge is -2.33. The molecule has 0 aromatic carbocycles. The molecule has 5 heteroatoms. The smallest absolute Gasteiger partial charge is 0.261 e. The second kappa shape index (κ2) is 6.73. The molecule has 0 radical (unpaired) electrons. The van der Waals surface area contributed by atoms with Crippen LogP contribution in [0.15, 0.2) is 12.1 Å². The van der Waals surface area contributed by atoms with E-state index in [4.69, 9.17) is 11.6 Å². The fraction of sp³-hybridized carbons (Fsp3) is 0.643. The molecule has 1 saturated heterocycles. The average molecular weight is 301 g/mol. The molecule has 0 atom stereocenters. The summed E-state index contributed by atoms with van der Waals surface area (Å²) in [5.74, 6) is 0.721. The highest BCUT2D eigenvalue weighted by Crippen LogP contribution is 2.22. The normalized spacial score (nSPS) is 17.9. The third-order valence-electron chi connectivity index (χ3n) is 3.34. The Morgan fingerprint density at radius 1 is 1.47 bits per heavy atom. The van der Waals surface area contributed by atoms with Crippen LogP contribution in [0.2, 0.25) is 4.34 Å². The van der Waals surface area contributed by atoms with Gasteiger partial charge in [0.2, 0.25) is 0 Å². The lowest BCUT2D eigenvalue weighted by atomic mass is 10.0. The van der Waals surface area contributed by atoms with Crippen LogP contribution in [0.25, 0.3) is 0 Å². The fourth-order valence-electron chi connectivity index (χ4n) is 2.47. The van der Waals surface area contributed by atoms with Gasteiger partial charge in [0.25, 0.3) is 5.91 Å². The van der Waals surface area contributed by atoms with Crippen molar-refractivity contribution in [2.45, 2.75) is 32.7 Å². The van der Waals surface area contributed by atoms with Gasteiger partial charge in [-0.1, -0.05) is 25.4 Å². The quantitative estimate of drug-likeness (QED) is 0.926. The van der Waals surface area contributed by atoms with E-state index in [-0.39, 0.29) is 5.91 Å². The van der Waals surface area contributed by atoms with Crippen molar-refractivity contribution < 1.29 is 4.79 Å². The molecule has 0 saturated carbocycles. The molecule has 1 amide bonds. The molecule has 0 bridgehead atoms. The number of carbonyl (C=O) groups is 1. The SMILES string of the molecule is CC(C)CN1CCC(NC(=O)c2ccc(Cl)s2)CC1. The number of nitrogens with zero attached hydrogens (tertiary/aromatic N) is 1. The highest BCUT2D eigenvalue weighted by atomic mass is 35.5. The number of hydrogen-bond donors (Lipinski definition) is 1. The molecule has 3 nitrogen and oxygen atoms in total. The summed E-state index contributed by atoms with van der Waals surface area (Å²) in [6.45, 7) is 7.80. The molecule has 1 aromatic rings. The van der Waals surface area contributed by atoms with E-state index in [0.717, 1.165) is 32.5 Å². The average Bonchev–Trinajstić information content (AvgIpc) is 2.78. The van der Waals surface area contributed by atoms with Crippen molar-refractivity contribution in [3.05, 3.63) is 21.3 Å². The maximum Gasteiger partial charge on any atom is 0.261 e. The number of thiophene rings is 1. The summed E-state index contributed by atoms with van der Waals surface area (Å²) in [5, 5.41) is 3.11. The number of nitrogens with one attached hydrogen (secondary N) is 1. The Bertz CT molecular complexity index is 425. The van der Waals surface area contributed by atoms with Crippen molar-refractivity contribution in [2.24, 2.45) is 5.92 Å². The molecule has 1 aliphatic rings. The Hall–Kier alpha value is -0.580. The molecule has 0 aliphatic carbocycles. The lowest BCUT2D eigenvalue weighted by molar-refractivity contribution is 0.0911. The van der Waals surface area contributed by atoms with Crippen LogP contribution in [0.4, 0.5) is 0 Å². The number of rotatable bonds is 4. The molecule has 0 spiro atoms. The maximum atomic E-state index is 12.0. The Kier molecular flexibility index (Phi) is 5.25. The van der Waals surface area contributed by atoms with E-state index < -0.39 is 0 Å². The molecule has 19 heavy (non-hydrogen) atoms. The fourth-order valence-corrected chi connectivity index (χ4v) is 3.42. The van der Waals surface area contributed by atoms with Gasteiger partial charge in [0.15, 0.2) is 0 Å². The second-order valence-corrected chi connectivity index (χ2v) is 7.26. The molecule has 1 fully saturated rings. The van der Waals surface area contributed by atoms with Gasteiger partial charge in [-0.3, -0.25) is 4.79 Å². The summed E-state index contributed by atoms with van der Waals surface area (Å²) in [6, 6.07) is 3.86. The Labute approximate surface area is 123 Å². The molecule has 0 unspecified atom stereocenters. The second-order valence-electron chi connectivity index (χ2n) is 5.55. The number of hydrogen-bond acceptors (Lipinski definition) is 3. The minimum absolute atomic E-state index is 0.0132. The van der Waals surface area contributed by atoms with Gasteiger partial charge < -0.3 is 10.2 Å². The first kappa shape index (κ1) is 14.8. The highest BCUT2D eigenvalue weighted by Gasteiger charge is 2.21. The van der Waals surface area contributed by atoms with Gasteiger partial charge in [-0.25, -0.2) is 0 Å². The molecule has 106 valence electrons. The van der Waals surface area contributed by atoms with Gasteiger partial charge in [-0.15, -0.1) is 11.3 Å².